The minimum atomic E-state index is -4.62. The topological polar surface area (TPSA) is 56.2 Å². The molecule has 0 unspecified atom stereocenters. The Kier molecular flexibility index (Phi) is 7.34. The molecule has 9 heteroatoms. The van der Waals surface area contributed by atoms with E-state index in [9.17, 15) is 13.2 Å². The second kappa shape index (κ2) is 8.76. The Morgan fingerprint density at radius 2 is 2.00 bits per heavy atom. The predicted octanol–water partition coefficient (Wildman–Crippen LogP) is 2.95. The summed E-state index contributed by atoms with van der Waals surface area (Å²) in [7, 11) is 1.50. The second-order valence-corrected chi connectivity index (χ2v) is 4.86. The largest absolute Gasteiger partial charge is 0.443 e. The van der Waals surface area contributed by atoms with E-state index in [1.54, 1.807) is 41.2 Å². The molecule has 0 amide bonds. The summed E-state index contributed by atoms with van der Waals surface area (Å²) < 4.78 is 39.0. The maximum atomic E-state index is 12.5. The van der Waals surface area contributed by atoms with Crippen molar-refractivity contribution in [3.05, 3.63) is 58.9 Å². The Morgan fingerprint density at radius 3 is 2.57 bits per heavy atom. The number of hydrogen-bond donors (Lipinski definition) is 1. The molecule has 0 atom stereocenters. The molecular formula is C14H14ClF3N4S. The fraction of sp³-hybridized carbons (Fsp3) is 0.214. The first kappa shape index (κ1) is 19.3. The van der Waals surface area contributed by atoms with Gasteiger partial charge in [0.1, 0.15) is 10.6 Å². The van der Waals surface area contributed by atoms with Gasteiger partial charge in [-0.05, 0) is 30.8 Å². The van der Waals surface area contributed by atoms with E-state index in [0.717, 1.165) is 5.56 Å². The van der Waals surface area contributed by atoms with Crippen molar-refractivity contribution in [3.63, 3.8) is 0 Å². The van der Waals surface area contributed by atoms with Crippen LogP contribution < -0.4 is 11.2 Å². The van der Waals surface area contributed by atoms with Gasteiger partial charge in [-0.2, -0.15) is 13.2 Å². The summed E-state index contributed by atoms with van der Waals surface area (Å²) in [5.74, 6) is 0. The molecule has 0 aliphatic heterocycles. The highest BCUT2D eigenvalue weighted by Crippen LogP contribution is 2.17. The van der Waals surface area contributed by atoms with E-state index < -0.39 is 11.2 Å². The van der Waals surface area contributed by atoms with E-state index >= 15 is 0 Å². The highest BCUT2D eigenvalue weighted by Gasteiger charge is 2.34. The number of nitrogens with two attached hydrogens (primary N) is 1. The van der Waals surface area contributed by atoms with E-state index in [-0.39, 0.29) is 5.49 Å². The molecule has 2 aromatic heterocycles. The Bertz CT molecular complexity index is 711. The van der Waals surface area contributed by atoms with Crippen LogP contribution in [0.4, 0.5) is 13.2 Å². The SMILES string of the molecule is CN.FC(F)(F)C(=S)N=c1ccccn1Cc1ccc(Cl)nc1. The van der Waals surface area contributed by atoms with Gasteiger partial charge in [-0.1, -0.05) is 36.0 Å². The van der Waals surface area contributed by atoms with Gasteiger partial charge in [-0.15, -0.1) is 0 Å². The van der Waals surface area contributed by atoms with Gasteiger partial charge in [0.2, 0.25) is 4.99 Å². The smallest absolute Gasteiger partial charge is 0.333 e. The molecular weight excluding hydrogens is 349 g/mol. The maximum Gasteiger partial charge on any atom is 0.443 e. The monoisotopic (exact) mass is 362 g/mol. The first-order valence-corrected chi connectivity index (χ1v) is 7.14. The molecule has 2 rings (SSSR count). The lowest BCUT2D eigenvalue weighted by Gasteiger charge is -2.08. The van der Waals surface area contributed by atoms with Crippen molar-refractivity contribution >= 4 is 28.8 Å². The Morgan fingerprint density at radius 1 is 1.30 bits per heavy atom. The summed E-state index contributed by atoms with van der Waals surface area (Å²) >= 11 is 9.97. The van der Waals surface area contributed by atoms with Gasteiger partial charge in [-0.3, -0.25) is 0 Å². The van der Waals surface area contributed by atoms with Crippen molar-refractivity contribution in [1.29, 1.82) is 0 Å². The molecule has 0 saturated heterocycles. The fourth-order valence-corrected chi connectivity index (χ4v) is 1.77. The lowest BCUT2D eigenvalue weighted by Crippen LogP contribution is -2.26. The van der Waals surface area contributed by atoms with E-state index in [2.05, 4.69) is 27.9 Å². The van der Waals surface area contributed by atoms with Crippen LogP contribution in [0.2, 0.25) is 5.15 Å². The van der Waals surface area contributed by atoms with E-state index in [4.69, 9.17) is 11.6 Å². The van der Waals surface area contributed by atoms with Crippen LogP contribution in [0.5, 0.6) is 0 Å². The van der Waals surface area contributed by atoms with Gasteiger partial charge in [0.05, 0.1) is 6.54 Å². The molecule has 0 aliphatic rings. The van der Waals surface area contributed by atoms with Crippen LogP contribution in [0.15, 0.2) is 47.7 Å². The van der Waals surface area contributed by atoms with Crippen LogP contribution >= 0.6 is 23.8 Å². The first-order valence-electron chi connectivity index (χ1n) is 6.36. The third-order valence-corrected chi connectivity index (χ3v) is 3.06. The highest BCUT2D eigenvalue weighted by molar-refractivity contribution is 7.80. The number of halogens is 4. The van der Waals surface area contributed by atoms with E-state index in [1.165, 1.54) is 13.1 Å². The molecule has 4 nitrogen and oxygen atoms in total. The van der Waals surface area contributed by atoms with Gasteiger partial charge in [0.15, 0.2) is 0 Å². The van der Waals surface area contributed by atoms with Gasteiger partial charge in [0.25, 0.3) is 0 Å². The van der Waals surface area contributed by atoms with Crippen LogP contribution in [0.3, 0.4) is 0 Å². The number of hydrogen-bond acceptors (Lipinski definition) is 3. The van der Waals surface area contributed by atoms with Gasteiger partial charge in [0, 0.05) is 12.4 Å². The Hall–Kier alpha value is -1.77. The van der Waals surface area contributed by atoms with Crippen LogP contribution in [-0.4, -0.2) is 27.8 Å². The summed E-state index contributed by atoms with van der Waals surface area (Å²) in [5, 5.41) is 0.347. The minimum Gasteiger partial charge on any atom is -0.333 e. The van der Waals surface area contributed by atoms with E-state index in [1.807, 2.05) is 0 Å². The summed E-state index contributed by atoms with van der Waals surface area (Å²) in [6.07, 6.45) is -1.45. The summed E-state index contributed by atoms with van der Waals surface area (Å²) in [6, 6.07) is 8.09. The number of aromatic nitrogens is 2. The molecule has 2 aromatic rings. The molecule has 0 fully saturated rings. The van der Waals surface area contributed by atoms with Crippen molar-refractivity contribution in [1.82, 2.24) is 9.55 Å². The highest BCUT2D eigenvalue weighted by atomic mass is 35.5. The van der Waals surface area contributed by atoms with Crippen LogP contribution in [0.1, 0.15) is 5.56 Å². The third kappa shape index (κ3) is 6.09. The second-order valence-electron chi connectivity index (χ2n) is 4.09. The van der Waals surface area contributed by atoms with Gasteiger partial charge < -0.3 is 10.3 Å². The standard InChI is InChI=1S/C13H9ClF3N3S.CH5N/c14-10-5-4-9(7-18-10)8-20-6-2-1-3-11(20)19-12(21)13(15,16)17;1-2/h1-7H,8H2;2H2,1H3. The summed E-state index contributed by atoms with van der Waals surface area (Å²) in [4.78, 5) is 6.08. The van der Waals surface area contributed by atoms with Crippen molar-refractivity contribution < 1.29 is 13.2 Å². The first-order chi connectivity index (χ1) is 10.9. The molecule has 0 radical (unpaired) electrons. The van der Waals surface area contributed by atoms with Crippen LogP contribution in [-0.2, 0) is 6.54 Å². The molecule has 2 N–H and O–H groups in total. The minimum absolute atomic E-state index is 0.120. The van der Waals surface area contributed by atoms with Crippen molar-refractivity contribution in [2.24, 2.45) is 10.7 Å². The number of alkyl halides is 3. The molecule has 23 heavy (non-hydrogen) atoms. The normalized spacial score (nSPS) is 11.7. The number of thiocarbonyl (C=S) groups is 1. The average molecular weight is 363 g/mol. The average Bonchev–Trinajstić information content (AvgIpc) is 2.52. The number of pyridine rings is 2. The molecule has 0 aromatic carbocycles. The van der Waals surface area contributed by atoms with Crippen molar-refractivity contribution in [3.8, 4) is 0 Å². The van der Waals surface area contributed by atoms with Crippen LogP contribution in [0.25, 0.3) is 0 Å². The lowest BCUT2D eigenvalue weighted by molar-refractivity contribution is -0.0573. The predicted molar refractivity (Wildman–Crippen MR) is 87.1 cm³/mol. The van der Waals surface area contributed by atoms with Crippen LogP contribution in [0, 0.1) is 0 Å². The molecule has 0 bridgehead atoms. The van der Waals surface area contributed by atoms with Gasteiger partial charge >= 0.3 is 6.18 Å². The molecule has 2 heterocycles. The maximum absolute atomic E-state index is 12.5. The third-order valence-electron chi connectivity index (χ3n) is 2.52. The molecule has 0 spiro atoms. The fourth-order valence-electron chi connectivity index (χ4n) is 1.57. The summed E-state index contributed by atoms with van der Waals surface area (Å²) in [5.41, 5.74) is 5.40. The van der Waals surface area contributed by atoms with E-state index in [0.29, 0.717) is 11.7 Å². The molecule has 124 valence electrons. The zero-order chi connectivity index (χ0) is 17.5. The summed E-state index contributed by atoms with van der Waals surface area (Å²) in [6.45, 7) is 0.310. The molecule has 0 saturated carbocycles. The zero-order valence-corrected chi connectivity index (χ0v) is 13.7. The van der Waals surface area contributed by atoms with Gasteiger partial charge in [-0.25, -0.2) is 9.98 Å². The number of rotatable bonds is 2. The lowest BCUT2D eigenvalue weighted by atomic mass is 10.3. The molecule has 0 aliphatic carbocycles. The zero-order valence-electron chi connectivity index (χ0n) is 12.1. The quantitative estimate of drug-likeness (QED) is 0.660. The number of nitrogens with zero attached hydrogens (tertiary/aromatic N) is 3. The Labute approximate surface area is 141 Å². The van der Waals surface area contributed by atoms with Crippen molar-refractivity contribution in [2.75, 3.05) is 7.05 Å². The van der Waals surface area contributed by atoms with Crippen molar-refractivity contribution in [2.45, 2.75) is 12.7 Å². The Balaban J connectivity index is 0.00000127.